The van der Waals surface area contributed by atoms with Crippen molar-refractivity contribution in [3.63, 3.8) is 0 Å². The molecule has 2 rings (SSSR count). The first-order valence-corrected chi connectivity index (χ1v) is 6.68. The number of amides is 1. The largest absolute Gasteiger partial charge is 0.368 e. The smallest absolute Gasteiger partial charge is 0.239 e. The van der Waals surface area contributed by atoms with Gasteiger partial charge in [0.15, 0.2) is 0 Å². The highest BCUT2D eigenvalue weighted by Gasteiger charge is 2.19. The van der Waals surface area contributed by atoms with E-state index in [0.29, 0.717) is 6.54 Å². The third-order valence-electron chi connectivity index (χ3n) is 3.12. The van der Waals surface area contributed by atoms with Crippen LogP contribution in [0.5, 0.6) is 0 Å². The molecular formula is C15H20N4O. The van der Waals surface area contributed by atoms with Gasteiger partial charge in [-0.25, -0.2) is 0 Å². The molecule has 0 fully saturated rings. The van der Waals surface area contributed by atoms with Crippen molar-refractivity contribution < 1.29 is 4.79 Å². The van der Waals surface area contributed by atoms with E-state index in [-0.39, 0.29) is 6.04 Å². The van der Waals surface area contributed by atoms with E-state index in [1.165, 1.54) is 0 Å². The van der Waals surface area contributed by atoms with E-state index in [0.717, 1.165) is 11.1 Å². The van der Waals surface area contributed by atoms with Crippen molar-refractivity contribution >= 4 is 5.91 Å². The van der Waals surface area contributed by atoms with E-state index in [1.54, 1.807) is 6.20 Å². The predicted octanol–water partition coefficient (Wildman–Crippen LogP) is 1.78. The molecule has 0 spiro atoms. The number of nitrogens with zero attached hydrogens (tertiary/aromatic N) is 2. The number of primary amides is 1. The van der Waals surface area contributed by atoms with Crippen LogP contribution in [0.2, 0.25) is 0 Å². The molecule has 5 nitrogen and oxygen atoms in total. The summed E-state index contributed by atoms with van der Waals surface area (Å²) in [6, 6.07) is 9.63. The molecule has 0 aliphatic carbocycles. The average Bonchev–Trinajstić information content (AvgIpc) is 2.89. The average molecular weight is 272 g/mol. The Kier molecular flexibility index (Phi) is 4.53. The van der Waals surface area contributed by atoms with Gasteiger partial charge in [-0.3, -0.25) is 14.8 Å². The minimum absolute atomic E-state index is 0.256. The van der Waals surface area contributed by atoms with Crippen molar-refractivity contribution in [1.29, 1.82) is 0 Å². The Morgan fingerprint density at radius 1 is 1.35 bits per heavy atom. The molecule has 0 saturated carbocycles. The molecule has 1 aromatic carbocycles. The molecule has 1 amide bonds. The number of hydrogen-bond donors (Lipinski definition) is 2. The Hall–Kier alpha value is -2.14. The summed E-state index contributed by atoms with van der Waals surface area (Å²) in [4.78, 5) is 11.6. The highest BCUT2D eigenvalue weighted by Crippen LogP contribution is 2.15. The first-order chi connectivity index (χ1) is 9.58. The molecule has 0 bridgehead atoms. The second kappa shape index (κ2) is 6.34. The van der Waals surface area contributed by atoms with Crippen LogP contribution in [0.25, 0.3) is 0 Å². The van der Waals surface area contributed by atoms with Crippen molar-refractivity contribution in [2.75, 3.05) is 0 Å². The summed E-state index contributed by atoms with van der Waals surface area (Å²) < 4.78 is 1.81. The van der Waals surface area contributed by atoms with E-state index >= 15 is 0 Å². The summed E-state index contributed by atoms with van der Waals surface area (Å²) in [5.41, 5.74) is 7.38. The highest BCUT2D eigenvalue weighted by atomic mass is 16.1. The van der Waals surface area contributed by atoms with E-state index in [2.05, 4.69) is 10.4 Å². The number of benzene rings is 1. The van der Waals surface area contributed by atoms with Crippen LogP contribution in [0.3, 0.4) is 0 Å². The lowest BCUT2D eigenvalue weighted by Crippen LogP contribution is -2.33. The Morgan fingerprint density at radius 3 is 2.60 bits per heavy atom. The molecule has 0 radical (unpaired) electrons. The number of hydrogen-bond acceptors (Lipinski definition) is 3. The van der Waals surface area contributed by atoms with Crippen molar-refractivity contribution in [3.05, 3.63) is 53.9 Å². The Labute approximate surface area is 118 Å². The lowest BCUT2D eigenvalue weighted by molar-refractivity contribution is -0.120. The molecule has 0 aliphatic rings. The fourth-order valence-electron chi connectivity index (χ4n) is 1.98. The maximum Gasteiger partial charge on any atom is 0.239 e. The van der Waals surface area contributed by atoms with E-state index < -0.39 is 11.9 Å². The van der Waals surface area contributed by atoms with Gasteiger partial charge in [0.25, 0.3) is 0 Å². The quantitative estimate of drug-likeness (QED) is 0.842. The predicted molar refractivity (Wildman–Crippen MR) is 77.8 cm³/mol. The van der Waals surface area contributed by atoms with Crippen LogP contribution in [0.4, 0.5) is 0 Å². The van der Waals surface area contributed by atoms with Gasteiger partial charge in [-0.15, -0.1) is 0 Å². The van der Waals surface area contributed by atoms with Gasteiger partial charge in [0.2, 0.25) is 5.91 Å². The highest BCUT2D eigenvalue weighted by molar-refractivity contribution is 5.81. The van der Waals surface area contributed by atoms with E-state index in [4.69, 9.17) is 5.73 Å². The zero-order chi connectivity index (χ0) is 14.5. The van der Waals surface area contributed by atoms with Crippen LogP contribution < -0.4 is 11.1 Å². The van der Waals surface area contributed by atoms with Crippen molar-refractivity contribution in [3.8, 4) is 0 Å². The molecule has 1 aromatic heterocycles. The number of nitrogens with two attached hydrogens (primary N) is 1. The van der Waals surface area contributed by atoms with Crippen LogP contribution in [-0.4, -0.2) is 15.7 Å². The molecule has 106 valence electrons. The lowest BCUT2D eigenvalue weighted by atomic mass is 10.1. The normalized spacial score (nSPS) is 12.6. The van der Waals surface area contributed by atoms with E-state index in [9.17, 15) is 4.79 Å². The molecule has 2 aromatic rings. The summed E-state index contributed by atoms with van der Waals surface area (Å²) in [6.45, 7) is 4.65. The van der Waals surface area contributed by atoms with Crippen molar-refractivity contribution in [1.82, 2.24) is 15.1 Å². The van der Waals surface area contributed by atoms with Gasteiger partial charge >= 0.3 is 0 Å². The molecule has 1 heterocycles. The van der Waals surface area contributed by atoms with Gasteiger partial charge in [-0.2, -0.15) is 5.10 Å². The monoisotopic (exact) mass is 272 g/mol. The third kappa shape index (κ3) is 3.45. The number of nitrogens with one attached hydrogen (secondary N) is 1. The fourth-order valence-corrected chi connectivity index (χ4v) is 1.98. The Morgan fingerprint density at radius 2 is 2.05 bits per heavy atom. The minimum Gasteiger partial charge on any atom is -0.368 e. The van der Waals surface area contributed by atoms with Gasteiger partial charge in [0.1, 0.15) is 6.04 Å². The van der Waals surface area contributed by atoms with Gasteiger partial charge in [0.05, 0.1) is 6.20 Å². The standard InChI is InChI=1S/C15H20N4O/c1-11(2)19-10-13(9-18-19)14(15(16)20)17-8-12-6-4-3-5-7-12/h3-7,9-11,14,17H,8H2,1-2H3,(H2,16,20). The molecule has 5 heteroatoms. The number of carbonyl (C=O) groups is 1. The summed E-state index contributed by atoms with van der Waals surface area (Å²) in [5, 5.41) is 7.42. The Bertz CT molecular complexity index is 562. The van der Waals surface area contributed by atoms with Gasteiger partial charge in [-0.1, -0.05) is 30.3 Å². The summed E-state index contributed by atoms with van der Waals surface area (Å²) in [7, 11) is 0. The number of aromatic nitrogens is 2. The number of rotatable bonds is 6. The summed E-state index contributed by atoms with van der Waals surface area (Å²) in [5.74, 6) is -0.399. The zero-order valence-electron chi connectivity index (χ0n) is 11.8. The fraction of sp³-hybridized carbons (Fsp3) is 0.333. The molecule has 3 N–H and O–H groups in total. The Balaban J connectivity index is 2.09. The van der Waals surface area contributed by atoms with Crippen LogP contribution in [-0.2, 0) is 11.3 Å². The van der Waals surface area contributed by atoms with Crippen LogP contribution in [0.1, 0.15) is 37.1 Å². The molecule has 0 aliphatic heterocycles. The molecule has 0 saturated heterocycles. The SMILES string of the molecule is CC(C)n1cc(C(NCc2ccccc2)C(N)=O)cn1. The minimum atomic E-state index is -0.525. The van der Waals surface area contributed by atoms with Crippen LogP contribution in [0.15, 0.2) is 42.7 Å². The maximum absolute atomic E-state index is 11.6. The first kappa shape index (κ1) is 14.3. The molecular weight excluding hydrogens is 252 g/mol. The second-order valence-electron chi connectivity index (χ2n) is 5.05. The topological polar surface area (TPSA) is 72.9 Å². The summed E-state index contributed by atoms with van der Waals surface area (Å²) >= 11 is 0. The van der Waals surface area contributed by atoms with Gasteiger partial charge in [0, 0.05) is 24.3 Å². The molecule has 20 heavy (non-hydrogen) atoms. The van der Waals surface area contributed by atoms with Gasteiger partial charge < -0.3 is 5.73 Å². The second-order valence-corrected chi connectivity index (χ2v) is 5.05. The van der Waals surface area contributed by atoms with E-state index in [1.807, 2.05) is 55.1 Å². The maximum atomic E-state index is 11.6. The van der Waals surface area contributed by atoms with Gasteiger partial charge in [-0.05, 0) is 19.4 Å². The van der Waals surface area contributed by atoms with Crippen molar-refractivity contribution in [2.45, 2.75) is 32.5 Å². The first-order valence-electron chi connectivity index (χ1n) is 6.68. The van der Waals surface area contributed by atoms with Crippen molar-refractivity contribution in [2.24, 2.45) is 5.73 Å². The zero-order valence-corrected chi connectivity index (χ0v) is 11.8. The van der Waals surface area contributed by atoms with Crippen LogP contribution in [0, 0.1) is 0 Å². The third-order valence-corrected chi connectivity index (χ3v) is 3.12. The van der Waals surface area contributed by atoms with Crippen LogP contribution >= 0.6 is 0 Å². The molecule has 1 unspecified atom stereocenters. The lowest BCUT2D eigenvalue weighted by Gasteiger charge is -2.14. The number of carbonyl (C=O) groups excluding carboxylic acids is 1. The summed E-state index contributed by atoms with van der Waals surface area (Å²) in [6.07, 6.45) is 3.55. The molecule has 1 atom stereocenters.